The number of hydrogen-bond acceptors (Lipinski definition) is 4. The van der Waals surface area contributed by atoms with Crippen molar-refractivity contribution in [1.82, 2.24) is 0 Å². The van der Waals surface area contributed by atoms with Crippen LogP contribution >= 0.6 is 0 Å². The number of nitrogens with zero attached hydrogens (tertiary/aromatic N) is 2. The summed E-state index contributed by atoms with van der Waals surface area (Å²) in [6.07, 6.45) is 0.966. The van der Waals surface area contributed by atoms with Crippen LogP contribution in [0.2, 0.25) is 0 Å². The third-order valence-electron chi connectivity index (χ3n) is 3.90. The molecule has 0 saturated heterocycles. The average Bonchev–Trinajstić information content (AvgIpc) is 2.53. The fraction of sp³-hybridized carbons (Fsp3) is 0.250. The van der Waals surface area contributed by atoms with Gasteiger partial charge in [0, 0.05) is 43.6 Å². The molecule has 0 aliphatic carbocycles. The molecular weight excluding hydrogens is 266 g/mol. The molecule has 1 heterocycles. The van der Waals surface area contributed by atoms with Gasteiger partial charge in [-0.15, -0.1) is 0 Å². The van der Waals surface area contributed by atoms with Crippen LogP contribution in [-0.2, 0) is 13.0 Å². The minimum atomic E-state index is -0.345. The molecule has 2 aromatic rings. The van der Waals surface area contributed by atoms with E-state index in [2.05, 4.69) is 28.4 Å². The Morgan fingerprint density at radius 2 is 1.95 bits per heavy atom. The van der Waals surface area contributed by atoms with Gasteiger partial charge < -0.3 is 10.2 Å². The molecule has 1 aliphatic rings. The summed E-state index contributed by atoms with van der Waals surface area (Å²) >= 11 is 0. The normalized spacial score (nSPS) is 13.7. The molecule has 0 amide bonds. The van der Waals surface area contributed by atoms with Gasteiger partial charge in [0.2, 0.25) is 0 Å². The van der Waals surface area contributed by atoms with E-state index >= 15 is 0 Å². The van der Waals surface area contributed by atoms with Gasteiger partial charge in [0.15, 0.2) is 0 Å². The summed E-state index contributed by atoms with van der Waals surface area (Å²) in [6.45, 7) is 1.67. The highest BCUT2D eigenvalue weighted by Crippen LogP contribution is 2.30. The molecule has 21 heavy (non-hydrogen) atoms. The van der Waals surface area contributed by atoms with E-state index in [-0.39, 0.29) is 10.6 Å². The van der Waals surface area contributed by atoms with Gasteiger partial charge >= 0.3 is 0 Å². The molecule has 0 saturated carbocycles. The second kappa shape index (κ2) is 5.44. The van der Waals surface area contributed by atoms with E-state index in [1.54, 1.807) is 19.2 Å². The third kappa shape index (κ3) is 2.67. The van der Waals surface area contributed by atoms with Crippen molar-refractivity contribution in [2.24, 2.45) is 0 Å². The van der Waals surface area contributed by atoms with Gasteiger partial charge in [-0.1, -0.05) is 24.3 Å². The summed E-state index contributed by atoms with van der Waals surface area (Å²) in [5.74, 6) is 0. The van der Waals surface area contributed by atoms with Crippen LogP contribution in [0.4, 0.5) is 17.1 Å². The maximum atomic E-state index is 11.1. The van der Waals surface area contributed by atoms with Gasteiger partial charge in [-0.3, -0.25) is 10.1 Å². The van der Waals surface area contributed by atoms with Crippen molar-refractivity contribution in [3.05, 3.63) is 63.7 Å². The first kappa shape index (κ1) is 13.4. The Kier molecular flexibility index (Phi) is 3.48. The van der Waals surface area contributed by atoms with E-state index in [4.69, 9.17) is 0 Å². The molecular formula is C16H17N3O2. The molecule has 0 bridgehead atoms. The predicted octanol–water partition coefficient (Wildman–Crippen LogP) is 3.20. The van der Waals surface area contributed by atoms with E-state index in [1.165, 1.54) is 11.1 Å². The van der Waals surface area contributed by atoms with Crippen LogP contribution in [0.5, 0.6) is 0 Å². The van der Waals surface area contributed by atoms with Crippen molar-refractivity contribution in [2.75, 3.05) is 23.8 Å². The van der Waals surface area contributed by atoms with Crippen molar-refractivity contribution < 1.29 is 4.92 Å². The van der Waals surface area contributed by atoms with Crippen LogP contribution in [0.25, 0.3) is 0 Å². The molecule has 0 atom stereocenters. The Bertz CT molecular complexity index is 685. The van der Waals surface area contributed by atoms with Crippen molar-refractivity contribution in [1.29, 1.82) is 0 Å². The highest BCUT2D eigenvalue weighted by atomic mass is 16.6. The largest absolute Gasteiger partial charge is 0.388 e. The molecule has 0 spiro atoms. The van der Waals surface area contributed by atoms with Crippen molar-refractivity contribution in [3.63, 3.8) is 0 Å². The van der Waals surface area contributed by atoms with Gasteiger partial charge in [-0.2, -0.15) is 0 Å². The Morgan fingerprint density at radius 3 is 2.67 bits per heavy atom. The van der Waals surface area contributed by atoms with Crippen LogP contribution in [0.3, 0.4) is 0 Å². The number of nitro groups is 1. The summed E-state index contributed by atoms with van der Waals surface area (Å²) in [7, 11) is 1.77. The number of benzene rings is 2. The standard InChI is InChI=1S/C16H17N3O2/c1-17-14-8-15(10-16(9-14)19(20)21)18-7-6-12-4-2-3-5-13(12)11-18/h2-5,8-10,17H,6-7,11H2,1H3. The fourth-order valence-corrected chi connectivity index (χ4v) is 2.74. The van der Waals surface area contributed by atoms with Crippen LogP contribution in [0.1, 0.15) is 11.1 Å². The number of anilines is 2. The van der Waals surface area contributed by atoms with E-state index in [0.29, 0.717) is 0 Å². The highest BCUT2D eigenvalue weighted by Gasteiger charge is 2.19. The SMILES string of the molecule is CNc1cc(N2CCc3ccccc3C2)cc([N+](=O)[O-])c1. The smallest absolute Gasteiger partial charge is 0.273 e. The zero-order valence-electron chi connectivity index (χ0n) is 11.9. The van der Waals surface area contributed by atoms with Crippen LogP contribution in [0, 0.1) is 10.1 Å². The van der Waals surface area contributed by atoms with Crippen molar-refractivity contribution in [2.45, 2.75) is 13.0 Å². The third-order valence-corrected chi connectivity index (χ3v) is 3.90. The lowest BCUT2D eigenvalue weighted by molar-refractivity contribution is -0.384. The van der Waals surface area contributed by atoms with E-state index in [0.717, 1.165) is 30.9 Å². The van der Waals surface area contributed by atoms with E-state index in [9.17, 15) is 10.1 Å². The topological polar surface area (TPSA) is 58.4 Å². The van der Waals surface area contributed by atoms with Crippen molar-refractivity contribution in [3.8, 4) is 0 Å². The quantitative estimate of drug-likeness (QED) is 0.694. The van der Waals surface area contributed by atoms with Gasteiger partial charge in [0.05, 0.1) is 4.92 Å². The number of rotatable bonds is 3. The van der Waals surface area contributed by atoms with Crippen LogP contribution in [-0.4, -0.2) is 18.5 Å². The summed E-state index contributed by atoms with van der Waals surface area (Å²) in [4.78, 5) is 12.9. The maximum Gasteiger partial charge on any atom is 0.273 e. The number of nitrogens with one attached hydrogen (secondary N) is 1. The minimum absolute atomic E-state index is 0.121. The summed E-state index contributed by atoms with van der Waals surface area (Å²) < 4.78 is 0. The molecule has 5 nitrogen and oxygen atoms in total. The van der Waals surface area contributed by atoms with Crippen molar-refractivity contribution >= 4 is 17.1 Å². The Hall–Kier alpha value is -2.56. The van der Waals surface area contributed by atoms with Gasteiger partial charge in [-0.25, -0.2) is 0 Å². The highest BCUT2D eigenvalue weighted by molar-refractivity contribution is 5.65. The molecule has 2 aromatic carbocycles. The first-order valence-corrected chi connectivity index (χ1v) is 6.96. The minimum Gasteiger partial charge on any atom is -0.388 e. The Balaban J connectivity index is 1.94. The number of nitro benzene ring substituents is 1. The maximum absolute atomic E-state index is 11.1. The predicted molar refractivity (Wildman–Crippen MR) is 83.8 cm³/mol. The molecule has 1 aliphatic heterocycles. The Morgan fingerprint density at radius 1 is 1.19 bits per heavy atom. The lowest BCUT2D eigenvalue weighted by Crippen LogP contribution is -2.30. The van der Waals surface area contributed by atoms with Gasteiger partial charge in [0.1, 0.15) is 0 Å². The molecule has 0 aromatic heterocycles. The average molecular weight is 283 g/mol. The second-order valence-corrected chi connectivity index (χ2v) is 5.19. The first-order chi connectivity index (χ1) is 10.2. The number of hydrogen-bond donors (Lipinski definition) is 1. The molecule has 1 N–H and O–H groups in total. The lowest BCUT2D eigenvalue weighted by Gasteiger charge is -2.30. The van der Waals surface area contributed by atoms with Crippen LogP contribution in [0.15, 0.2) is 42.5 Å². The molecule has 0 fully saturated rings. The number of fused-ring (bicyclic) bond motifs is 1. The van der Waals surface area contributed by atoms with Crippen LogP contribution < -0.4 is 10.2 Å². The summed E-state index contributed by atoms with van der Waals surface area (Å²) in [6, 6.07) is 13.5. The zero-order chi connectivity index (χ0) is 14.8. The Labute approximate surface area is 123 Å². The second-order valence-electron chi connectivity index (χ2n) is 5.19. The fourth-order valence-electron chi connectivity index (χ4n) is 2.74. The van der Waals surface area contributed by atoms with Gasteiger partial charge in [-0.05, 0) is 23.6 Å². The first-order valence-electron chi connectivity index (χ1n) is 6.96. The molecule has 108 valence electrons. The van der Waals surface area contributed by atoms with E-state index < -0.39 is 0 Å². The summed E-state index contributed by atoms with van der Waals surface area (Å²) in [5.41, 5.74) is 4.44. The molecule has 3 rings (SSSR count). The molecule has 0 unspecified atom stereocenters. The van der Waals surface area contributed by atoms with E-state index in [1.807, 2.05) is 12.1 Å². The zero-order valence-corrected chi connectivity index (χ0v) is 11.9. The lowest BCUT2D eigenvalue weighted by atomic mass is 9.99. The summed E-state index contributed by atoms with van der Waals surface area (Å²) in [5, 5.41) is 14.1. The number of non-ortho nitro benzene ring substituents is 1. The monoisotopic (exact) mass is 283 g/mol. The van der Waals surface area contributed by atoms with Gasteiger partial charge in [0.25, 0.3) is 5.69 Å². The molecule has 0 radical (unpaired) electrons. The molecule has 5 heteroatoms.